The Bertz CT molecular complexity index is 1860. The van der Waals surface area contributed by atoms with E-state index in [2.05, 4.69) is 128 Å². The van der Waals surface area contributed by atoms with Gasteiger partial charge in [0.1, 0.15) is 11.5 Å². The Morgan fingerprint density at radius 3 is 2.11 bits per heavy atom. The minimum atomic E-state index is -0.226. The molecule has 0 aromatic heterocycles. The van der Waals surface area contributed by atoms with E-state index in [1.54, 1.807) is 0 Å². The lowest BCUT2D eigenvalue weighted by Crippen LogP contribution is -2.22. The molecule has 174 valence electrons. The average Bonchev–Trinajstić information content (AvgIpc) is 3.22. The van der Waals surface area contributed by atoms with E-state index in [0.29, 0.717) is 0 Å². The highest BCUT2D eigenvalue weighted by molar-refractivity contribution is 6.07. The molecule has 1 atom stereocenters. The lowest BCUT2D eigenvalue weighted by Gasteiger charge is -2.29. The summed E-state index contributed by atoms with van der Waals surface area (Å²) in [6, 6.07) is 46.0. The van der Waals surface area contributed by atoms with Crippen molar-refractivity contribution < 1.29 is 4.74 Å². The van der Waals surface area contributed by atoms with Crippen molar-refractivity contribution in [3.05, 3.63) is 144 Å². The zero-order chi connectivity index (χ0) is 24.6. The molecular weight excluding hydrogens is 448 g/mol. The van der Waals surface area contributed by atoms with Crippen LogP contribution < -0.4 is 4.74 Å². The van der Waals surface area contributed by atoms with Gasteiger partial charge >= 0.3 is 0 Å². The average molecular weight is 473 g/mol. The number of ether oxygens (including phenoxy) is 1. The lowest BCUT2D eigenvalue weighted by atomic mass is 9.74. The molecule has 0 N–H and O–H groups in total. The van der Waals surface area contributed by atoms with Gasteiger partial charge in [0, 0.05) is 21.9 Å². The smallest absolute Gasteiger partial charge is 0.143 e. The van der Waals surface area contributed by atoms with Gasteiger partial charge in [0.05, 0.1) is 0 Å². The molecule has 1 aliphatic heterocycles. The summed E-state index contributed by atoms with van der Waals surface area (Å²) in [5.41, 5.74) is 11.1. The number of hydrogen-bond donors (Lipinski definition) is 0. The predicted octanol–water partition coefficient (Wildman–Crippen LogP) is 9.61. The first kappa shape index (κ1) is 20.6. The second-order valence-corrected chi connectivity index (χ2v) is 10.2. The predicted molar refractivity (Wildman–Crippen MR) is 152 cm³/mol. The van der Waals surface area contributed by atoms with Crippen LogP contribution in [-0.2, 0) is 5.41 Å². The van der Waals surface area contributed by atoms with E-state index in [-0.39, 0.29) is 5.41 Å². The zero-order valence-electron chi connectivity index (χ0n) is 20.5. The Morgan fingerprint density at radius 2 is 1.22 bits per heavy atom. The van der Waals surface area contributed by atoms with Crippen LogP contribution in [-0.4, -0.2) is 0 Å². The van der Waals surface area contributed by atoms with Crippen molar-refractivity contribution in [3.63, 3.8) is 0 Å². The van der Waals surface area contributed by atoms with Crippen LogP contribution in [0.5, 0.6) is 11.5 Å². The van der Waals surface area contributed by atoms with Crippen molar-refractivity contribution in [2.75, 3.05) is 0 Å². The van der Waals surface area contributed by atoms with Gasteiger partial charge in [0.2, 0.25) is 0 Å². The number of hydrogen-bond acceptors (Lipinski definition) is 1. The second-order valence-electron chi connectivity index (χ2n) is 10.2. The third-order valence-corrected chi connectivity index (χ3v) is 8.36. The van der Waals surface area contributed by atoms with Gasteiger partial charge in [-0.05, 0) is 69.5 Å². The van der Waals surface area contributed by atoms with E-state index in [9.17, 15) is 0 Å². The molecular formula is C36H24O. The molecule has 1 nitrogen and oxygen atoms in total. The summed E-state index contributed by atoms with van der Waals surface area (Å²) in [5, 5.41) is 2.39. The maximum Gasteiger partial charge on any atom is 0.143 e. The van der Waals surface area contributed by atoms with E-state index in [1.165, 1.54) is 49.7 Å². The summed E-state index contributed by atoms with van der Waals surface area (Å²) in [4.78, 5) is 0. The highest BCUT2D eigenvalue weighted by atomic mass is 16.5. The van der Waals surface area contributed by atoms with Gasteiger partial charge in [-0.2, -0.15) is 0 Å². The van der Waals surface area contributed by atoms with Crippen LogP contribution in [0.15, 0.2) is 127 Å². The molecule has 0 fully saturated rings. The summed E-state index contributed by atoms with van der Waals surface area (Å²) in [6.45, 7) is 2.37. The fraction of sp³-hybridized carbons (Fsp3) is 0.0556. The van der Waals surface area contributed by atoms with Crippen molar-refractivity contribution in [1.29, 1.82) is 0 Å². The molecule has 0 saturated heterocycles. The van der Waals surface area contributed by atoms with Crippen LogP contribution in [0.25, 0.3) is 44.2 Å². The first-order valence-electron chi connectivity index (χ1n) is 12.9. The number of rotatable bonds is 2. The van der Waals surface area contributed by atoms with Gasteiger partial charge in [0.25, 0.3) is 0 Å². The lowest BCUT2D eigenvalue weighted by molar-refractivity contribution is 0.489. The maximum absolute atomic E-state index is 6.65. The summed E-state index contributed by atoms with van der Waals surface area (Å²) in [6.07, 6.45) is 0. The zero-order valence-corrected chi connectivity index (χ0v) is 20.5. The van der Waals surface area contributed by atoms with E-state index < -0.39 is 0 Å². The van der Waals surface area contributed by atoms with Crippen LogP contribution in [0.2, 0.25) is 0 Å². The Morgan fingerprint density at radius 1 is 0.514 bits per heavy atom. The summed E-state index contributed by atoms with van der Waals surface area (Å²) in [5.74, 6) is 1.86. The van der Waals surface area contributed by atoms with E-state index in [0.717, 1.165) is 22.6 Å². The van der Waals surface area contributed by atoms with Crippen molar-refractivity contribution >= 4 is 10.8 Å². The van der Waals surface area contributed by atoms with Crippen LogP contribution in [0, 0.1) is 0 Å². The number of fused-ring (bicyclic) bond motifs is 5. The summed E-state index contributed by atoms with van der Waals surface area (Å²) in [7, 11) is 0. The molecule has 0 spiro atoms. The monoisotopic (exact) mass is 472 g/mol. The third-order valence-electron chi connectivity index (χ3n) is 8.36. The molecule has 0 bridgehead atoms. The van der Waals surface area contributed by atoms with Crippen molar-refractivity contribution in [3.8, 4) is 44.9 Å². The minimum absolute atomic E-state index is 0.226. The molecule has 0 saturated carbocycles. The Labute approximate surface area is 216 Å². The van der Waals surface area contributed by atoms with E-state index in [4.69, 9.17) is 4.74 Å². The fourth-order valence-electron chi connectivity index (χ4n) is 6.53. The topological polar surface area (TPSA) is 9.23 Å². The molecule has 0 radical (unpaired) electrons. The van der Waals surface area contributed by atoms with Crippen molar-refractivity contribution in [2.24, 2.45) is 0 Å². The Kier molecular flexibility index (Phi) is 4.14. The van der Waals surface area contributed by atoms with Gasteiger partial charge in [-0.3, -0.25) is 0 Å². The normalized spacial score (nSPS) is 16.6. The van der Waals surface area contributed by atoms with E-state index >= 15 is 0 Å². The quantitative estimate of drug-likeness (QED) is 0.243. The molecule has 2 aliphatic rings. The standard InChI is InChI=1S/C36H24O/c1-36(25-11-3-2-4-12-25)31-16-7-5-13-27(31)28-21-19-24(22-32(28)36)26-20-18-23-10-9-15-30-29-14-6-8-17-33(29)37-35(26)34(23)30/h2-22H,1H3. The first-order valence-corrected chi connectivity index (χ1v) is 12.9. The molecule has 8 rings (SSSR count). The van der Waals surface area contributed by atoms with Crippen LogP contribution in [0.1, 0.15) is 23.6 Å². The first-order chi connectivity index (χ1) is 18.2. The SMILES string of the molecule is CC1(c2ccccc2)c2ccccc2-c2ccc(-c3ccc4cccc5c4c3Oc3ccccc3-5)cc21. The minimum Gasteiger partial charge on any atom is -0.455 e. The molecule has 1 unspecified atom stereocenters. The molecule has 37 heavy (non-hydrogen) atoms. The molecule has 0 amide bonds. The third kappa shape index (κ3) is 2.74. The molecule has 1 heterocycles. The van der Waals surface area contributed by atoms with Crippen LogP contribution in [0.3, 0.4) is 0 Å². The van der Waals surface area contributed by atoms with Crippen molar-refractivity contribution in [1.82, 2.24) is 0 Å². The van der Waals surface area contributed by atoms with Gasteiger partial charge < -0.3 is 4.74 Å². The highest BCUT2D eigenvalue weighted by Gasteiger charge is 2.40. The largest absolute Gasteiger partial charge is 0.455 e. The van der Waals surface area contributed by atoms with Crippen molar-refractivity contribution in [2.45, 2.75) is 12.3 Å². The van der Waals surface area contributed by atoms with Crippen LogP contribution >= 0.6 is 0 Å². The number of benzene rings is 6. The summed E-state index contributed by atoms with van der Waals surface area (Å²) < 4.78 is 6.65. The van der Waals surface area contributed by atoms with E-state index in [1.807, 2.05) is 6.07 Å². The van der Waals surface area contributed by atoms with Gasteiger partial charge in [-0.25, -0.2) is 0 Å². The molecule has 1 heteroatoms. The second kappa shape index (κ2) is 7.44. The Hall–Kier alpha value is -4.62. The molecule has 6 aromatic carbocycles. The van der Waals surface area contributed by atoms with Gasteiger partial charge in [-0.15, -0.1) is 0 Å². The number of para-hydroxylation sites is 1. The fourth-order valence-corrected chi connectivity index (χ4v) is 6.53. The van der Waals surface area contributed by atoms with Gasteiger partial charge in [-0.1, -0.05) is 109 Å². The van der Waals surface area contributed by atoms with Crippen LogP contribution in [0.4, 0.5) is 0 Å². The maximum atomic E-state index is 6.65. The van der Waals surface area contributed by atoms with Gasteiger partial charge in [0.15, 0.2) is 0 Å². The Balaban J connectivity index is 1.39. The summed E-state index contributed by atoms with van der Waals surface area (Å²) >= 11 is 0. The molecule has 6 aromatic rings. The molecule has 1 aliphatic carbocycles. The highest BCUT2D eigenvalue weighted by Crippen LogP contribution is 2.55.